The summed E-state index contributed by atoms with van der Waals surface area (Å²) in [4.78, 5) is 47.6. The maximum absolute atomic E-state index is 12.6. The molecule has 0 bridgehead atoms. The van der Waals surface area contributed by atoms with Crippen LogP contribution in [0.25, 0.3) is 0 Å². The van der Waals surface area contributed by atoms with Gasteiger partial charge in [0.15, 0.2) is 5.69 Å². The smallest absolute Gasteiger partial charge is 0.294 e. The molecule has 3 heterocycles. The summed E-state index contributed by atoms with van der Waals surface area (Å²) in [5.74, 6) is -1.21. The number of hydrogen-bond donors (Lipinski definition) is 3. The fourth-order valence-corrected chi connectivity index (χ4v) is 3.48. The van der Waals surface area contributed by atoms with E-state index in [1.165, 1.54) is 22.9 Å². The van der Waals surface area contributed by atoms with E-state index in [1.54, 1.807) is 18.2 Å². The number of nitrogens with two attached hydrogens (primary N) is 1. The highest BCUT2D eigenvalue weighted by Gasteiger charge is 2.34. The topological polar surface area (TPSA) is 142 Å². The number of hydrogen-bond acceptors (Lipinski definition) is 7. The van der Waals surface area contributed by atoms with E-state index in [0.29, 0.717) is 11.6 Å². The van der Waals surface area contributed by atoms with Gasteiger partial charge in [0.25, 0.3) is 17.4 Å². The zero-order chi connectivity index (χ0) is 17.3. The molecule has 4 N–H and O–H groups in total. The van der Waals surface area contributed by atoms with Gasteiger partial charge in [-0.25, -0.2) is 4.98 Å². The summed E-state index contributed by atoms with van der Waals surface area (Å²) in [5.41, 5.74) is 4.00. The Balaban J connectivity index is 1.98. The van der Waals surface area contributed by atoms with Crippen LogP contribution in [0.4, 0.5) is 0 Å². The molecule has 0 spiro atoms. The van der Waals surface area contributed by atoms with Crippen molar-refractivity contribution in [3.05, 3.63) is 52.0 Å². The molecular formula is C14H13N5O4S. The van der Waals surface area contributed by atoms with Gasteiger partial charge in [-0.05, 0) is 12.1 Å². The standard InChI is InChI=1S/C14H13N5O4S/c15-11(21)9-10(20)13(22)18-12(17-9)8-5-24-6-19(8)14(23)7-3-1-2-4-16-7/h1-4,8,20H,5-6H2,(H2,15,21)(H,17,18,22)/t8-/m0/s1. The molecule has 9 nitrogen and oxygen atoms in total. The third-order valence-electron chi connectivity index (χ3n) is 3.49. The van der Waals surface area contributed by atoms with Crippen molar-refractivity contribution in [3.8, 4) is 5.75 Å². The Morgan fingerprint density at radius 2 is 2.21 bits per heavy atom. The molecule has 2 aromatic heterocycles. The lowest BCUT2D eigenvalue weighted by atomic mass is 10.2. The number of aromatic amines is 1. The summed E-state index contributed by atoms with van der Waals surface area (Å²) in [6.45, 7) is 0. The van der Waals surface area contributed by atoms with Crippen LogP contribution in [0.3, 0.4) is 0 Å². The third-order valence-corrected chi connectivity index (χ3v) is 4.50. The van der Waals surface area contributed by atoms with Crippen LogP contribution in [0.5, 0.6) is 5.75 Å². The summed E-state index contributed by atoms with van der Waals surface area (Å²) in [7, 11) is 0. The van der Waals surface area contributed by atoms with Crippen LogP contribution < -0.4 is 11.3 Å². The van der Waals surface area contributed by atoms with Crippen molar-refractivity contribution in [1.82, 2.24) is 19.9 Å². The Hall–Kier alpha value is -2.88. The second kappa shape index (κ2) is 6.32. The lowest BCUT2D eigenvalue weighted by molar-refractivity contribution is 0.0735. The lowest BCUT2D eigenvalue weighted by Gasteiger charge is -2.22. The SMILES string of the molecule is NC(=O)c1nc([C@@H]2CSCN2C(=O)c2ccccn2)[nH]c(=O)c1O. The Kier molecular flexibility index (Phi) is 4.21. The average molecular weight is 347 g/mol. The molecule has 1 fully saturated rings. The van der Waals surface area contributed by atoms with Crippen molar-refractivity contribution in [2.75, 3.05) is 11.6 Å². The van der Waals surface area contributed by atoms with Gasteiger partial charge >= 0.3 is 0 Å². The molecule has 1 aliphatic rings. The molecule has 0 aromatic carbocycles. The van der Waals surface area contributed by atoms with Crippen LogP contribution in [0.15, 0.2) is 29.2 Å². The van der Waals surface area contributed by atoms with Gasteiger partial charge in [-0.2, -0.15) is 0 Å². The van der Waals surface area contributed by atoms with E-state index >= 15 is 0 Å². The molecule has 2 amide bonds. The fraction of sp³-hybridized carbons (Fsp3) is 0.214. The predicted octanol–water partition coefficient (Wildman–Crippen LogP) is -0.143. The van der Waals surface area contributed by atoms with Gasteiger partial charge in [0, 0.05) is 11.9 Å². The van der Waals surface area contributed by atoms with Crippen molar-refractivity contribution >= 4 is 23.6 Å². The van der Waals surface area contributed by atoms with Crippen LogP contribution in [0.2, 0.25) is 0 Å². The Bertz CT molecular complexity index is 854. The van der Waals surface area contributed by atoms with Crippen LogP contribution in [-0.4, -0.2) is 48.4 Å². The number of aromatic hydroxyl groups is 1. The zero-order valence-corrected chi connectivity index (χ0v) is 13.1. The first-order valence-corrected chi connectivity index (χ1v) is 8.07. The summed E-state index contributed by atoms with van der Waals surface area (Å²) in [6.07, 6.45) is 1.51. The number of nitrogens with one attached hydrogen (secondary N) is 1. The highest BCUT2D eigenvalue weighted by molar-refractivity contribution is 7.99. The molecule has 0 unspecified atom stereocenters. The van der Waals surface area contributed by atoms with Crippen molar-refractivity contribution in [3.63, 3.8) is 0 Å². The van der Waals surface area contributed by atoms with Gasteiger partial charge in [-0.1, -0.05) is 6.07 Å². The predicted molar refractivity (Wildman–Crippen MR) is 85.5 cm³/mol. The van der Waals surface area contributed by atoms with E-state index in [2.05, 4.69) is 15.0 Å². The first-order valence-electron chi connectivity index (χ1n) is 6.91. The molecule has 0 saturated carbocycles. The van der Waals surface area contributed by atoms with Gasteiger partial charge in [0.1, 0.15) is 17.6 Å². The number of nitrogens with zero attached hydrogens (tertiary/aromatic N) is 3. The summed E-state index contributed by atoms with van der Waals surface area (Å²) in [5, 5.41) is 9.59. The molecule has 10 heteroatoms. The molecule has 3 rings (SSSR count). The maximum atomic E-state index is 12.6. The monoisotopic (exact) mass is 347 g/mol. The number of primary amides is 1. The molecule has 0 aliphatic carbocycles. The Morgan fingerprint density at radius 3 is 2.88 bits per heavy atom. The molecule has 1 aliphatic heterocycles. The normalized spacial score (nSPS) is 17.0. The Labute approximate surface area is 139 Å². The van der Waals surface area contributed by atoms with Crippen molar-refractivity contribution in [2.45, 2.75) is 6.04 Å². The number of carbonyl (C=O) groups is 2. The maximum Gasteiger partial charge on any atom is 0.294 e. The van der Waals surface area contributed by atoms with E-state index in [1.807, 2.05) is 0 Å². The van der Waals surface area contributed by atoms with Gasteiger partial charge < -0.3 is 20.7 Å². The lowest BCUT2D eigenvalue weighted by Crippen LogP contribution is -2.34. The summed E-state index contributed by atoms with van der Waals surface area (Å²) < 4.78 is 0. The van der Waals surface area contributed by atoms with Crippen LogP contribution >= 0.6 is 11.8 Å². The molecule has 124 valence electrons. The molecule has 1 atom stereocenters. The second-order valence-corrected chi connectivity index (χ2v) is 6.02. The van der Waals surface area contributed by atoms with E-state index in [0.717, 1.165) is 0 Å². The van der Waals surface area contributed by atoms with Gasteiger partial charge in [-0.15, -0.1) is 11.8 Å². The van der Waals surface area contributed by atoms with Crippen LogP contribution in [0, 0.1) is 0 Å². The minimum atomic E-state index is -1.02. The minimum absolute atomic E-state index is 0.0980. The number of pyridine rings is 1. The highest BCUT2D eigenvalue weighted by Crippen LogP contribution is 2.32. The van der Waals surface area contributed by atoms with Gasteiger partial charge in [0.05, 0.1) is 5.88 Å². The number of aromatic nitrogens is 3. The first kappa shape index (κ1) is 16.0. The zero-order valence-electron chi connectivity index (χ0n) is 12.3. The molecule has 24 heavy (non-hydrogen) atoms. The molecular weight excluding hydrogens is 334 g/mol. The minimum Gasteiger partial charge on any atom is -0.501 e. The van der Waals surface area contributed by atoms with Gasteiger partial charge in [-0.3, -0.25) is 19.4 Å². The van der Waals surface area contributed by atoms with Crippen molar-refractivity contribution in [1.29, 1.82) is 0 Å². The molecule has 2 aromatic rings. The van der Waals surface area contributed by atoms with Crippen molar-refractivity contribution < 1.29 is 14.7 Å². The molecule has 1 saturated heterocycles. The number of carbonyl (C=O) groups excluding carboxylic acids is 2. The largest absolute Gasteiger partial charge is 0.501 e. The highest BCUT2D eigenvalue weighted by atomic mass is 32.2. The average Bonchev–Trinajstić information content (AvgIpc) is 3.06. The number of thioether (sulfide) groups is 1. The summed E-state index contributed by atoms with van der Waals surface area (Å²) >= 11 is 1.47. The third kappa shape index (κ3) is 2.83. The Morgan fingerprint density at radius 1 is 1.42 bits per heavy atom. The summed E-state index contributed by atoms with van der Waals surface area (Å²) in [6, 6.07) is 4.43. The van der Waals surface area contributed by atoms with Crippen LogP contribution in [-0.2, 0) is 0 Å². The quantitative estimate of drug-likeness (QED) is 0.701. The molecule has 0 radical (unpaired) electrons. The number of H-pyrrole nitrogens is 1. The fourth-order valence-electron chi connectivity index (χ4n) is 2.32. The second-order valence-electron chi connectivity index (χ2n) is 5.02. The van der Waals surface area contributed by atoms with E-state index in [4.69, 9.17) is 5.73 Å². The van der Waals surface area contributed by atoms with Crippen molar-refractivity contribution in [2.24, 2.45) is 5.73 Å². The number of amides is 2. The van der Waals surface area contributed by atoms with E-state index in [9.17, 15) is 19.5 Å². The van der Waals surface area contributed by atoms with Gasteiger partial charge in [0.2, 0.25) is 5.75 Å². The van der Waals surface area contributed by atoms with E-state index < -0.39 is 29.0 Å². The first-order chi connectivity index (χ1) is 11.5. The number of rotatable bonds is 3. The van der Waals surface area contributed by atoms with Crippen LogP contribution in [0.1, 0.15) is 32.8 Å². The van der Waals surface area contributed by atoms with E-state index in [-0.39, 0.29) is 17.4 Å².